The Labute approximate surface area is 123 Å². The van der Waals surface area contributed by atoms with Crippen LogP contribution >= 0.6 is 0 Å². The molecule has 2 N–H and O–H groups in total. The van der Waals surface area contributed by atoms with E-state index in [1.165, 1.54) is 0 Å². The summed E-state index contributed by atoms with van der Waals surface area (Å²) in [7, 11) is 1.66. The van der Waals surface area contributed by atoms with Crippen molar-refractivity contribution < 1.29 is 4.74 Å². The van der Waals surface area contributed by atoms with Gasteiger partial charge in [-0.05, 0) is 30.3 Å². The van der Waals surface area contributed by atoms with Gasteiger partial charge in [0.05, 0.1) is 18.5 Å². The molecule has 0 bridgehead atoms. The van der Waals surface area contributed by atoms with Crippen molar-refractivity contribution in [3.05, 3.63) is 60.4 Å². The maximum absolute atomic E-state index is 5.73. The second-order valence-electron chi connectivity index (χ2n) is 4.53. The Bertz CT molecular complexity index is 737. The van der Waals surface area contributed by atoms with Crippen molar-refractivity contribution in [2.75, 3.05) is 7.11 Å². The highest BCUT2D eigenvalue weighted by molar-refractivity contribution is 5.69. The van der Waals surface area contributed by atoms with Gasteiger partial charge in [-0.2, -0.15) is 5.10 Å². The lowest BCUT2D eigenvalue weighted by atomic mass is 10.1. The van der Waals surface area contributed by atoms with Crippen molar-refractivity contribution in [1.29, 1.82) is 0 Å². The molecule has 106 valence electrons. The normalized spacial score (nSPS) is 10.6. The molecule has 0 spiro atoms. The topological polar surface area (TPSA) is 66.0 Å². The third-order valence-corrected chi connectivity index (χ3v) is 3.22. The summed E-state index contributed by atoms with van der Waals surface area (Å²) in [5.41, 5.74) is 8.40. The first kappa shape index (κ1) is 13.3. The van der Waals surface area contributed by atoms with E-state index in [4.69, 9.17) is 10.5 Å². The largest absolute Gasteiger partial charge is 0.496 e. The predicted molar refractivity (Wildman–Crippen MR) is 81.2 cm³/mol. The van der Waals surface area contributed by atoms with E-state index in [9.17, 15) is 0 Å². The molecule has 0 atom stereocenters. The van der Waals surface area contributed by atoms with Gasteiger partial charge in [0.2, 0.25) is 0 Å². The van der Waals surface area contributed by atoms with Gasteiger partial charge in [0, 0.05) is 18.3 Å². The molecule has 2 aromatic heterocycles. The van der Waals surface area contributed by atoms with E-state index in [2.05, 4.69) is 10.1 Å². The maximum Gasteiger partial charge on any atom is 0.153 e. The van der Waals surface area contributed by atoms with Crippen LogP contribution in [0.3, 0.4) is 0 Å². The lowest BCUT2D eigenvalue weighted by Crippen LogP contribution is -2.03. The Kier molecular flexibility index (Phi) is 3.66. The fraction of sp³-hybridized carbons (Fsp3) is 0.125. The zero-order valence-corrected chi connectivity index (χ0v) is 11.7. The molecule has 0 amide bonds. The van der Waals surface area contributed by atoms with Gasteiger partial charge in [0.25, 0.3) is 0 Å². The van der Waals surface area contributed by atoms with E-state index in [1.807, 2.05) is 48.5 Å². The third kappa shape index (κ3) is 2.51. The predicted octanol–water partition coefficient (Wildman–Crippen LogP) is 2.40. The molecule has 1 aromatic carbocycles. The first-order valence-corrected chi connectivity index (χ1v) is 6.67. The molecule has 21 heavy (non-hydrogen) atoms. The van der Waals surface area contributed by atoms with E-state index in [-0.39, 0.29) is 0 Å². The molecular formula is C16H16N4O. The number of ether oxygens (including phenoxy) is 1. The van der Waals surface area contributed by atoms with Gasteiger partial charge in [-0.1, -0.05) is 18.2 Å². The summed E-state index contributed by atoms with van der Waals surface area (Å²) in [5, 5.41) is 4.52. The SMILES string of the molecule is COc1ccccc1-c1cc(CN)nn1-c1ccccn1. The van der Waals surface area contributed by atoms with Crippen molar-refractivity contribution >= 4 is 0 Å². The number of rotatable bonds is 4. The zero-order chi connectivity index (χ0) is 14.7. The average molecular weight is 280 g/mol. The van der Waals surface area contributed by atoms with Crippen LogP contribution in [0.25, 0.3) is 17.1 Å². The summed E-state index contributed by atoms with van der Waals surface area (Å²) in [6, 6.07) is 15.5. The summed E-state index contributed by atoms with van der Waals surface area (Å²) >= 11 is 0. The molecule has 0 radical (unpaired) electrons. The molecule has 3 aromatic rings. The molecule has 0 unspecified atom stereocenters. The third-order valence-electron chi connectivity index (χ3n) is 3.22. The lowest BCUT2D eigenvalue weighted by molar-refractivity contribution is 0.416. The van der Waals surface area contributed by atoms with Crippen LogP contribution < -0.4 is 10.5 Å². The molecule has 5 heteroatoms. The van der Waals surface area contributed by atoms with Crippen molar-refractivity contribution in [2.24, 2.45) is 5.73 Å². The van der Waals surface area contributed by atoms with Crippen LogP contribution in [0, 0.1) is 0 Å². The minimum absolute atomic E-state index is 0.377. The van der Waals surface area contributed by atoms with Gasteiger partial charge in [-0.15, -0.1) is 0 Å². The summed E-state index contributed by atoms with van der Waals surface area (Å²) in [6.45, 7) is 0.377. The first-order valence-electron chi connectivity index (χ1n) is 6.67. The quantitative estimate of drug-likeness (QED) is 0.797. The number of nitrogens with zero attached hydrogens (tertiary/aromatic N) is 3. The molecule has 0 aliphatic rings. The summed E-state index contributed by atoms with van der Waals surface area (Å²) < 4.78 is 7.23. The molecular weight excluding hydrogens is 264 g/mol. The Balaban J connectivity index is 2.20. The number of pyridine rings is 1. The monoisotopic (exact) mass is 280 g/mol. The lowest BCUT2D eigenvalue weighted by Gasteiger charge is -2.10. The van der Waals surface area contributed by atoms with Gasteiger partial charge < -0.3 is 10.5 Å². The smallest absolute Gasteiger partial charge is 0.153 e. The summed E-state index contributed by atoms with van der Waals surface area (Å²) in [6.07, 6.45) is 1.74. The molecule has 3 rings (SSSR count). The molecule has 5 nitrogen and oxygen atoms in total. The Morgan fingerprint density at radius 2 is 1.95 bits per heavy atom. The van der Waals surface area contributed by atoms with Crippen LogP contribution in [0.2, 0.25) is 0 Å². The molecule has 2 heterocycles. The minimum Gasteiger partial charge on any atom is -0.496 e. The van der Waals surface area contributed by atoms with Crippen molar-refractivity contribution in [1.82, 2.24) is 14.8 Å². The zero-order valence-electron chi connectivity index (χ0n) is 11.7. The van der Waals surface area contributed by atoms with Gasteiger partial charge in [-0.3, -0.25) is 0 Å². The van der Waals surface area contributed by atoms with E-state index in [1.54, 1.807) is 18.0 Å². The minimum atomic E-state index is 0.377. The van der Waals surface area contributed by atoms with Crippen LogP contribution in [0.1, 0.15) is 5.69 Å². The average Bonchev–Trinajstić information content (AvgIpc) is 3.00. The highest BCUT2D eigenvalue weighted by atomic mass is 16.5. The molecule has 0 saturated heterocycles. The van der Waals surface area contributed by atoms with Gasteiger partial charge in [-0.25, -0.2) is 9.67 Å². The molecule has 0 aliphatic carbocycles. The van der Waals surface area contributed by atoms with Crippen LogP contribution in [0.15, 0.2) is 54.7 Å². The second-order valence-corrected chi connectivity index (χ2v) is 4.53. The van der Waals surface area contributed by atoms with Gasteiger partial charge >= 0.3 is 0 Å². The number of methoxy groups -OCH3 is 1. The van der Waals surface area contributed by atoms with Crippen LogP contribution in [0.5, 0.6) is 5.75 Å². The number of nitrogens with two attached hydrogens (primary N) is 1. The standard InChI is InChI=1S/C16H16N4O/c1-21-15-7-3-2-6-13(15)14-10-12(11-17)19-20(14)16-8-4-5-9-18-16/h2-10H,11,17H2,1H3. The highest BCUT2D eigenvalue weighted by Crippen LogP contribution is 2.31. The molecule has 0 aliphatic heterocycles. The van der Waals surface area contributed by atoms with Crippen LogP contribution in [-0.2, 0) is 6.54 Å². The molecule has 0 fully saturated rings. The number of para-hydroxylation sites is 1. The van der Waals surface area contributed by atoms with Crippen LogP contribution in [-0.4, -0.2) is 21.9 Å². The first-order chi connectivity index (χ1) is 10.3. The van der Waals surface area contributed by atoms with Crippen molar-refractivity contribution in [3.8, 4) is 22.8 Å². The number of hydrogen-bond donors (Lipinski definition) is 1. The van der Waals surface area contributed by atoms with Crippen molar-refractivity contribution in [3.63, 3.8) is 0 Å². The molecule has 0 saturated carbocycles. The Morgan fingerprint density at radius 3 is 2.67 bits per heavy atom. The number of benzene rings is 1. The maximum atomic E-state index is 5.73. The fourth-order valence-electron chi connectivity index (χ4n) is 2.23. The second kappa shape index (κ2) is 5.76. The van der Waals surface area contributed by atoms with Gasteiger partial charge in [0.1, 0.15) is 5.75 Å². The highest BCUT2D eigenvalue weighted by Gasteiger charge is 2.14. The van der Waals surface area contributed by atoms with Crippen molar-refractivity contribution in [2.45, 2.75) is 6.54 Å². The number of aromatic nitrogens is 3. The summed E-state index contributed by atoms with van der Waals surface area (Å²) in [4.78, 5) is 4.36. The summed E-state index contributed by atoms with van der Waals surface area (Å²) in [5.74, 6) is 1.54. The van der Waals surface area contributed by atoms with E-state index in [0.717, 1.165) is 28.5 Å². The van der Waals surface area contributed by atoms with E-state index >= 15 is 0 Å². The Morgan fingerprint density at radius 1 is 1.14 bits per heavy atom. The van der Waals surface area contributed by atoms with E-state index in [0.29, 0.717) is 6.54 Å². The van der Waals surface area contributed by atoms with E-state index < -0.39 is 0 Å². The van der Waals surface area contributed by atoms with Gasteiger partial charge in [0.15, 0.2) is 5.82 Å². The Hall–Kier alpha value is -2.66. The number of hydrogen-bond acceptors (Lipinski definition) is 4. The van der Waals surface area contributed by atoms with Crippen LogP contribution in [0.4, 0.5) is 0 Å². The fourth-order valence-corrected chi connectivity index (χ4v) is 2.23.